The SMILES string of the molecule is CCCOc1ccc(C2c3c(oc4ccc(Cl)cc4c3=O)C(=O)N2c2ccc(F)cc2)cc1. The Hall–Kier alpha value is -3.64. The largest absolute Gasteiger partial charge is 0.494 e. The van der Waals surface area contributed by atoms with Crippen molar-refractivity contribution in [1.29, 1.82) is 0 Å². The van der Waals surface area contributed by atoms with Crippen molar-refractivity contribution in [3.8, 4) is 5.75 Å². The van der Waals surface area contributed by atoms with Crippen LogP contribution in [0.4, 0.5) is 10.1 Å². The molecule has 0 aliphatic carbocycles. The van der Waals surface area contributed by atoms with E-state index in [-0.39, 0.29) is 22.3 Å². The zero-order valence-electron chi connectivity index (χ0n) is 17.7. The van der Waals surface area contributed by atoms with Crippen LogP contribution in [0.25, 0.3) is 11.0 Å². The molecule has 0 bridgehead atoms. The van der Waals surface area contributed by atoms with Gasteiger partial charge >= 0.3 is 0 Å². The summed E-state index contributed by atoms with van der Waals surface area (Å²) in [6.45, 7) is 2.61. The summed E-state index contributed by atoms with van der Waals surface area (Å²) >= 11 is 6.11. The van der Waals surface area contributed by atoms with E-state index in [1.54, 1.807) is 24.3 Å². The maximum atomic E-state index is 13.6. The van der Waals surface area contributed by atoms with Gasteiger partial charge in [-0.15, -0.1) is 0 Å². The first-order chi connectivity index (χ1) is 16.0. The second-order valence-corrected chi connectivity index (χ2v) is 8.22. The van der Waals surface area contributed by atoms with E-state index >= 15 is 0 Å². The molecule has 1 atom stereocenters. The normalized spacial score (nSPS) is 15.2. The van der Waals surface area contributed by atoms with E-state index in [9.17, 15) is 14.0 Å². The fourth-order valence-corrected chi connectivity index (χ4v) is 4.27. The molecule has 0 fully saturated rings. The number of hydrogen-bond donors (Lipinski definition) is 0. The van der Waals surface area contributed by atoms with Crippen LogP contribution in [0.2, 0.25) is 5.02 Å². The summed E-state index contributed by atoms with van der Waals surface area (Å²) in [4.78, 5) is 28.5. The number of carbonyl (C=O) groups is 1. The van der Waals surface area contributed by atoms with Gasteiger partial charge in [-0.05, 0) is 66.6 Å². The number of carbonyl (C=O) groups excluding carboxylic acids is 1. The molecule has 1 amide bonds. The molecule has 2 heterocycles. The van der Waals surface area contributed by atoms with Gasteiger partial charge in [-0.2, -0.15) is 0 Å². The maximum Gasteiger partial charge on any atom is 0.295 e. The van der Waals surface area contributed by atoms with Gasteiger partial charge in [-0.3, -0.25) is 14.5 Å². The maximum absolute atomic E-state index is 13.6. The summed E-state index contributed by atoms with van der Waals surface area (Å²) in [6.07, 6.45) is 0.876. The molecule has 5 nitrogen and oxygen atoms in total. The molecule has 0 spiro atoms. The molecule has 0 saturated carbocycles. The molecular formula is C26H19ClFNO4. The molecular weight excluding hydrogens is 445 g/mol. The quantitative estimate of drug-likeness (QED) is 0.357. The predicted octanol–water partition coefficient (Wildman–Crippen LogP) is 6.12. The van der Waals surface area contributed by atoms with Crippen LogP contribution < -0.4 is 15.1 Å². The minimum absolute atomic E-state index is 0.0320. The highest BCUT2D eigenvalue weighted by molar-refractivity contribution is 6.31. The lowest BCUT2D eigenvalue weighted by Gasteiger charge is -2.25. The van der Waals surface area contributed by atoms with E-state index < -0.39 is 17.8 Å². The lowest BCUT2D eigenvalue weighted by molar-refractivity contribution is 0.0971. The van der Waals surface area contributed by atoms with Gasteiger partial charge in [0.25, 0.3) is 5.91 Å². The Labute approximate surface area is 194 Å². The number of amides is 1. The highest BCUT2D eigenvalue weighted by Crippen LogP contribution is 2.41. The molecule has 0 saturated heterocycles. The van der Waals surface area contributed by atoms with Gasteiger partial charge < -0.3 is 9.15 Å². The molecule has 4 aromatic rings. The monoisotopic (exact) mass is 463 g/mol. The third-order valence-corrected chi connectivity index (χ3v) is 5.84. The van der Waals surface area contributed by atoms with E-state index in [0.29, 0.717) is 34.0 Å². The second kappa shape index (κ2) is 8.37. The number of rotatable bonds is 5. The van der Waals surface area contributed by atoms with E-state index in [1.807, 2.05) is 19.1 Å². The lowest BCUT2D eigenvalue weighted by Crippen LogP contribution is -2.29. The molecule has 1 aliphatic heterocycles. The number of ether oxygens (including phenoxy) is 1. The molecule has 1 aliphatic rings. The van der Waals surface area contributed by atoms with Crippen LogP contribution in [0, 0.1) is 5.82 Å². The molecule has 3 aromatic carbocycles. The van der Waals surface area contributed by atoms with Crippen LogP contribution in [0.1, 0.15) is 41.1 Å². The summed E-state index contributed by atoms with van der Waals surface area (Å²) in [7, 11) is 0. The van der Waals surface area contributed by atoms with Gasteiger partial charge in [-0.1, -0.05) is 30.7 Å². The zero-order valence-corrected chi connectivity index (χ0v) is 18.4. The molecule has 0 N–H and O–H groups in total. The van der Waals surface area contributed by atoms with E-state index in [1.165, 1.54) is 35.2 Å². The Balaban J connectivity index is 1.72. The van der Waals surface area contributed by atoms with Crippen LogP contribution in [-0.2, 0) is 0 Å². The topological polar surface area (TPSA) is 59.8 Å². The minimum Gasteiger partial charge on any atom is -0.494 e. The molecule has 33 heavy (non-hydrogen) atoms. The van der Waals surface area contributed by atoms with Crippen molar-refractivity contribution in [2.45, 2.75) is 19.4 Å². The smallest absolute Gasteiger partial charge is 0.295 e. The summed E-state index contributed by atoms with van der Waals surface area (Å²) in [5.41, 5.74) is 1.32. The fourth-order valence-electron chi connectivity index (χ4n) is 4.09. The molecule has 7 heteroatoms. The van der Waals surface area contributed by atoms with E-state index in [0.717, 1.165) is 6.42 Å². The van der Waals surface area contributed by atoms with Crippen LogP contribution in [0.5, 0.6) is 5.75 Å². The first-order valence-corrected chi connectivity index (χ1v) is 10.9. The van der Waals surface area contributed by atoms with Crippen LogP contribution in [0.3, 0.4) is 0 Å². The minimum atomic E-state index is -0.752. The third-order valence-electron chi connectivity index (χ3n) is 5.61. The Morgan fingerprint density at radius 1 is 1.03 bits per heavy atom. The average Bonchev–Trinajstić information content (AvgIpc) is 3.11. The molecule has 166 valence electrons. The van der Waals surface area contributed by atoms with Crippen LogP contribution in [0.15, 0.2) is 75.9 Å². The molecule has 0 radical (unpaired) electrons. The third kappa shape index (κ3) is 3.66. The van der Waals surface area contributed by atoms with Gasteiger partial charge in [0.15, 0.2) is 5.43 Å². The average molecular weight is 464 g/mol. The number of anilines is 1. The van der Waals surface area contributed by atoms with E-state index in [4.69, 9.17) is 20.8 Å². The summed E-state index contributed by atoms with van der Waals surface area (Å²) in [5.74, 6) is -0.236. The van der Waals surface area contributed by atoms with Crippen molar-refractivity contribution in [2.24, 2.45) is 0 Å². The summed E-state index contributed by atoms with van der Waals surface area (Å²) in [5, 5.41) is 0.686. The first kappa shape index (κ1) is 21.2. The van der Waals surface area contributed by atoms with Crippen LogP contribution in [-0.4, -0.2) is 12.5 Å². The van der Waals surface area contributed by atoms with Gasteiger partial charge in [0.05, 0.1) is 23.6 Å². The van der Waals surface area contributed by atoms with Crippen LogP contribution >= 0.6 is 11.6 Å². The molecule has 1 unspecified atom stereocenters. The van der Waals surface area contributed by atoms with Crippen molar-refractivity contribution in [1.82, 2.24) is 0 Å². The van der Waals surface area contributed by atoms with Crippen molar-refractivity contribution >= 4 is 34.2 Å². The zero-order chi connectivity index (χ0) is 23.1. The first-order valence-electron chi connectivity index (χ1n) is 10.6. The van der Waals surface area contributed by atoms with E-state index in [2.05, 4.69) is 0 Å². The number of nitrogens with zero attached hydrogens (tertiary/aromatic N) is 1. The predicted molar refractivity (Wildman–Crippen MR) is 125 cm³/mol. The highest BCUT2D eigenvalue weighted by Gasteiger charge is 2.43. The molecule has 5 rings (SSSR count). The molecule has 1 aromatic heterocycles. The number of fused-ring (bicyclic) bond motifs is 2. The van der Waals surface area contributed by atoms with Gasteiger partial charge in [0, 0.05) is 10.7 Å². The van der Waals surface area contributed by atoms with Gasteiger partial charge in [0.1, 0.15) is 17.1 Å². The Bertz CT molecular complexity index is 1410. The standard InChI is InChI=1S/C26H19ClFNO4/c1-2-13-32-19-10-3-15(4-11-19)23-22-24(30)20-14-16(27)5-12-21(20)33-25(22)26(31)29(23)18-8-6-17(28)7-9-18/h3-12,14,23H,2,13H2,1H3. The van der Waals surface area contributed by atoms with Crippen molar-refractivity contribution in [3.05, 3.63) is 105 Å². The Morgan fingerprint density at radius 3 is 2.45 bits per heavy atom. The van der Waals surface area contributed by atoms with Crippen molar-refractivity contribution < 1.29 is 18.3 Å². The highest BCUT2D eigenvalue weighted by atomic mass is 35.5. The van der Waals surface area contributed by atoms with Gasteiger partial charge in [0.2, 0.25) is 5.76 Å². The van der Waals surface area contributed by atoms with Gasteiger partial charge in [-0.25, -0.2) is 4.39 Å². The van der Waals surface area contributed by atoms with Crippen molar-refractivity contribution in [3.63, 3.8) is 0 Å². The number of hydrogen-bond acceptors (Lipinski definition) is 4. The van der Waals surface area contributed by atoms with Crippen molar-refractivity contribution in [2.75, 3.05) is 11.5 Å². The number of benzene rings is 3. The summed E-state index contributed by atoms with van der Waals surface area (Å²) in [6, 6.07) is 16.7. The fraction of sp³-hybridized carbons (Fsp3) is 0.154. The Morgan fingerprint density at radius 2 is 1.76 bits per heavy atom. The number of halogens is 2. The summed E-state index contributed by atoms with van der Waals surface area (Å²) < 4.78 is 25.2. The Kier molecular flexibility index (Phi) is 5.38. The second-order valence-electron chi connectivity index (χ2n) is 7.79. The lowest BCUT2D eigenvalue weighted by atomic mass is 9.98.